The van der Waals surface area contributed by atoms with Gasteiger partial charge in [-0.2, -0.15) is 0 Å². The summed E-state index contributed by atoms with van der Waals surface area (Å²) in [5.41, 5.74) is 5.06. The monoisotopic (exact) mass is 1250 g/mol. The largest absolute Gasteiger partial charge is 0.378 e. The molecule has 5 aliphatic heterocycles. The van der Waals surface area contributed by atoms with Crippen LogP contribution in [0.5, 0.6) is 0 Å². The molecule has 526 valence electrons. The zero-order valence-corrected chi connectivity index (χ0v) is 65.4. The van der Waals surface area contributed by atoms with Gasteiger partial charge in [0, 0.05) is 26.4 Å². The molecule has 5 heteroatoms. The molecular formula is C84H160O5. The van der Waals surface area contributed by atoms with Gasteiger partial charge < -0.3 is 23.7 Å². The summed E-state index contributed by atoms with van der Waals surface area (Å²) in [5.74, 6) is 13.7. The Labute approximate surface area is 558 Å². The van der Waals surface area contributed by atoms with E-state index in [1.807, 2.05) is 13.8 Å². The van der Waals surface area contributed by atoms with Crippen molar-refractivity contribution in [3.8, 4) is 0 Å². The molecule has 5 saturated heterocycles. The van der Waals surface area contributed by atoms with E-state index in [9.17, 15) is 0 Å². The Morgan fingerprint density at radius 1 is 0.326 bits per heavy atom. The van der Waals surface area contributed by atoms with Crippen molar-refractivity contribution in [2.45, 2.75) is 365 Å². The van der Waals surface area contributed by atoms with E-state index >= 15 is 0 Å². The fraction of sp³-hybridized carbons (Fsp3) is 0.929. The van der Waals surface area contributed by atoms with Crippen molar-refractivity contribution in [1.29, 1.82) is 0 Å². The van der Waals surface area contributed by atoms with E-state index in [0.717, 1.165) is 126 Å². The van der Waals surface area contributed by atoms with Gasteiger partial charge in [0.15, 0.2) is 0 Å². The minimum Gasteiger partial charge on any atom is -0.378 e. The molecule has 1 aromatic rings. The van der Waals surface area contributed by atoms with Crippen molar-refractivity contribution >= 4 is 0 Å². The molecule has 0 bridgehead atoms. The lowest BCUT2D eigenvalue weighted by molar-refractivity contribution is -0.116. The van der Waals surface area contributed by atoms with Crippen molar-refractivity contribution in [1.82, 2.24) is 0 Å². The summed E-state index contributed by atoms with van der Waals surface area (Å²) in [7, 11) is 0. The molecule has 0 spiro atoms. The van der Waals surface area contributed by atoms with Crippen LogP contribution in [-0.2, 0) is 23.7 Å². The number of hydrogen-bond donors (Lipinski definition) is 0. The maximum atomic E-state index is 5.78. The third-order valence-corrected chi connectivity index (χ3v) is 28.1. The first-order valence-electron chi connectivity index (χ1n) is 39.1. The average molecular weight is 1250 g/mol. The van der Waals surface area contributed by atoms with Crippen LogP contribution in [0.15, 0.2) is 24.3 Å². The third kappa shape index (κ3) is 26.2. The van der Waals surface area contributed by atoms with Gasteiger partial charge in [-0.25, -0.2) is 0 Å². The Hall–Kier alpha value is -0.980. The minimum atomic E-state index is 0.441. The molecule has 5 nitrogen and oxygen atoms in total. The van der Waals surface area contributed by atoms with Crippen LogP contribution in [0.25, 0.3) is 0 Å². The van der Waals surface area contributed by atoms with Gasteiger partial charge in [0.2, 0.25) is 0 Å². The summed E-state index contributed by atoms with van der Waals surface area (Å²) in [4.78, 5) is 0. The van der Waals surface area contributed by atoms with Gasteiger partial charge in [-0.15, -0.1) is 0 Å². The lowest BCUT2D eigenvalue weighted by Gasteiger charge is -2.46. The Balaban J connectivity index is 0.000000360. The van der Waals surface area contributed by atoms with E-state index in [4.69, 9.17) is 23.7 Å². The molecule has 8 fully saturated rings. The van der Waals surface area contributed by atoms with E-state index in [1.165, 1.54) is 128 Å². The van der Waals surface area contributed by atoms with E-state index in [2.05, 4.69) is 211 Å². The van der Waals surface area contributed by atoms with Crippen LogP contribution in [0.2, 0.25) is 0 Å². The fourth-order valence-corrected chi connectivity index (χ4v) is 16.6. The van der Waals surface area contributed by atoms with Gasteiger partial charge in [0.05, 0.1) is 36.6 Å². The second kappa shape index (κ2) is 41.9. The lowest BCUT2D eigenvalue weighted by atomic mass is 9.60. The van der Waals surface area contributed by atoms with Gasteiger partial charge in [0.25, 0.3) is 0 Å². The molecule has 1 aromatic carbocycles. The number of ether oxygens (including phenoxy) is 5. The van der Waals surface area contributed by atoms with Crippen molar-refractivity contribution in [3.63, 3.8) is 0 Å². The van der Waals surface area contributed by atoms with Crippen LogP contribution in [0.1, 0.15) is 333 Å². The van der Waals surface area contributed by atoms with Gasteiger partial charge in [-0.3, -0.25) is 0 Å². The smallest absolute Gasteiger partial charge is 0.0578 e. The normalized spacial score (nSPS) is 37.8. The maximum absolute atomic E-state index is 5.78. The van der Waals surface area contributed by atoms with Crippen molar-refractivity contribution in [2.75, 3.05) is 26.4 Å². The topological polar surface area (TPSA) is 46.2 Å². The van der Waals surface area contributed by atoms with Crippen LogP contribution < -0.4 is 0 Å². The summed E-state index contributed by atoms with van der Waals surface area (Å²) in [6.45, 7) is 69.6. The molecule has 8 aliphatic rings. The second-order valence-corrected chi connectivity index (χ2v) is 32.6. The number of benzene rings is 1. The highest BCUT2D eigenvalue weighted by Gasteiger charge is 2.40. The van der Waals surface area contributed by atoms with E-state index in [1.54, 1.807) is 5.56 Å². The third-order valence-electron chi connectivity index (χ3n) is 28.1. The molecule has 3 aliphatic carbocycles. The highest BCUT2D eigenvalue weighted by Crippen LogP contribution is 2.52. The highest BCUT2D eigenvalue weighted by molar-refractivity contribution is 5.25. The lowest BCUT2D eigenvalue weighted by Crippen LogP contribution is -2.41. The summed E-state index contributed by atoms with van der Waals surface area (Å²) in [6.07, 6.45) is 30.3. The molecule has 0 N–H and O–H groups in total. The van der Waals surface area contributed by atoms with Gasteiger partial charge in [-0.05, 0) is 254 Å². The van der Waals surface area contributed by atoms with Crippen molar-refractivity contribution < 1.29 is 23.7 Å². The van der Waals surface area contributed by atoms with E-state index in [-0.39, 0.29) is 0 Å². The summed E-state index contributed by atoms with van der Waals surface area (Å²) >= 11 is 0. The van der Waals surface area contributed by atoms with Crippen LogP contribution in [0.4, 0.5) is 0 Å². The number of hydrogen-bond acceptors (Lipinski definition) is 5. The Bertz CT molecular complexity index is 1730. The maximum Gasteiger partial charge on any atom is 0.0578 e. The van der Waals surface area contributed by atoms with Crippen LogP contribution in [-0.4, -0.2) is 63.1 Å². The molecule has 20 atom stereocenters. The standard InChI is InChI=1S/C20H38.C17H26.C10H20O.3C9H18O.C8H16O.C2H6/c1-5-19(6-2)13-9-17(10-14-19)18-11-15-20(7-3,8-4)16-12-18;1-4-17(5-2)12-10-16(11-13-17)15-8-6-14(3)7-9-15;1-6-7(2)9(4)11-10(5)8(6)3;3*1-6-5-10-9(4)8(3)7(6)2;1-6-4-8(3)9-5-7(6)2;1-2/h17-18H,5-16H2,1-4H3;6-9,16H,4-5,10-13H2,1-3H3;6-10H,1-5H3;3*6-9H,5H2,1-4H3;6-8H,4-5H2,1-3H3;1-2H3/t;;6?,7-,8+,9-,10-;6-,7+,8-,9?;6-,7-,8+,9?;6-,7-,8+,9+;6-,7+,8?;/m..11110./s1. The fourth-order valence-electron chi connectivity index (χ4n) is 16.6. The van der Waals surface area contributed by atoms with Crippen LogP contribution in [0.3, 0.4) is 0 Å². The predicted molar refractivity (Wildman–Crippen MR) is 391 cm³/mol. The van der Waals surface area contributed by atoms with Crippen LogP contribution >= 0.6 is 0 Å². The van der Waals surface area contributed by atoms with Gasteiger partial charge in [0.1, 0.15) is 0 Å². The second-order valence-electron chi connectivity index (χ2n) is 32.6. The molecule has 0 aromatic heterocycles. The Morgan fingerprint density at radius 2 is 0.607 bits per heavy atom. The summed E-state index contributed by atoms with van der Waals surface area (Å²) in [5, 5.41) is 0. The average Bonchev–Trinajstić information content (AvgIpc) is 3.72. The molecule has 0 radical (unpaired) electrons. The first-order chi connectivity index (χ1) is 41.9. The first kappa shape index (κ1) is 84.1. The van der Waals surface area contributed by atoms with E-state index in [0.29, 0.717) is 53.9 Å². The van der Waals surface area contributed by atoms with Gasteiger partial charge in [-0.1, -0.05) is 221 Å². The zero-order valence-electron chi connectivity index (χ0n) is 65.4. The predicted octanol–water partition coefficient (Wildman–Crippen LogP) is 25.2. The molecule has 4 unspecified atom stereocenters. The Kier molecular flexibility index (Phi) is 39.6. The molecule has 89 heavy (non-hydrogen) atoms. The molecule has 5 heterocycles. The highest BCUT2D eigenvalue weighted by atomic mass is 16.5. The number of aryl methyl sites for hydroxylation is 1. The minimum absolute atomic E-state index is 0.441. The van der Waals surface area contributed by atoms with E-state index < -0.39 is 0 Å². The zero-order chi connectivity index (χ0) is 67.6. The molecule has 0 amide bonds. The molecule has 9 rings (SSSR count). The summed E-state index contributed by atoms with van der Waals surface area (Å²) in [6, 6.07) is 9.20. The number of rotatable bonds is 8. The quantitative estimate of drug-likeness (QED) is 0.260. The first-order valence-corrected chi connectivity index (χ1v) is 39.1. The van der Waals surface area contributed by atoms with Crippen molar-refractivity contribution in [3.05, 3.63) is 35.4 Å². The van der Waals surface area contributed by atoms with Gasteiger partial charge >= 0.3 is 0 Å². The molecular weight excluding hydrogens is 1090 g/mol. The summed E-state index contributed by atoms with van der Waals surface area (Å²) < 4.78 is 28.0. The van der Waals surface area contributed by atoms with Crippen LogP contribution in [0, 0.1) is 118 Å². The van der Waals surface area contributed by atoms with Crippen molar-refractivity contribution in [2.24, 2.45) is 111 Å². The Morgan fingerprint density at radius 3 is 0.876 bits per heavy atom. The SMILES string of the molecule is CC.CC1C[C@H](C)[C@H](C)CO1.CC1OC[C@@H](C)[C@@H](C)[C@@H]1C.CC1OC[C@@H](C)[C@H](C)[C@H]1C.CC1[C@@H](C)[C@@H](C)O[C@H](C)[C@H]1C.CCC1(CC)CCC(C2CCC(CC)(CC)CC2)CC1.CCC1(CC)CCC(c2ccc(C)cc2)CC1.C[C@H]1[C@H](C)[C@H](C)OC[C@H]1C. The molecule has 3 saturated carbocycles.